The van der Waals surface area contributed by atoms with Crippen molar-refractivity contribution in [2.24, 2.45) is 0 Å². The van der Waals surface area contributed by atoms with Crippen LogP contribution in [0.2, 0.25) is 5.15 Å². The Morgan fingerprint density at radius 3 is 2.84 bits per heavy atom. The van der Waals surface area contributed by atoms with E-state index in [0.29, 0.717) is 10.8 Å². The second-order valence-corrected chi connectivity index (χ2v) is 6.92. The number of anilines is 1. The summed E-state index contributed by atoms with van der Waals surface area (Å²) in [6.45, 7) is 3.76. The fourth-order valence-corrected chi connectivity index (χ4v) is 3.10. The highest BCUT2D eigenvalue weighted by Gasteiger charge is 2.20. The first-order valence-corrected chi connectivity index (χ1v) is 8.74. The van der Waals surface area contributed by atoms with Gasteiger partial charge in [0, 0.05) is 6.20 Å². The summed E-state index contributed by atoms with van der Waals surface area (Å²) in [4.78, 5) is 16.3. The summed E-state index contributed by atoms with van der Waals surface area (Å²) in [5, 5.41) is 14.9. The number of halogens is 1. The zero-order valence-corrected chi connectivity index (χ0v) is 15.1. The maximum absolute atomic E-state index is 12.4. The van der Waals surface area contributed by atoms with Crippen LogP contribution in [0.15, 0.2) is 47.8 Å². The lowest BCUT2D eigenvalue weighted by Gasteiger charge is -2.12. The molecule has 1 atom stereocenters. The predicted molar refractivity (Wildman–Crippen MR) is 97.1 cm³/mol. The molecule has 0 fully saturated rings. The van der Waals surface area contributed by atoms with E-state index in [2.05, 4.69) is 25.8 Å². The van der Waals surface area contributed by atoms with Crippen LogP contribution in [0.4, 0.5) is 5.69 Å². The van der Waals surface area contributed by atoms with Gasteiger partial charge in [0.1, 0.15) is 0 Å². The van der Waals surface area contributed by atoms with Crippen molar-refractivity contribution in [2.45, 2.75) is 24.3 Å². The van der Waals surface area contributed by atoms with Gasteiger partial charge in [0.15, 0.2) is 5.15 Å². The summed E-state index contributed by atoms with van der Waals surface area (Å²) >= 11 is 7.23. The van der Waals surface area contributed by atoms with Crippen LogP contribution >= 0.6 is 23.4 Å². The zero-order chi connectivity index (χ0) is 17.8. The molecular weight excluding hydrogens is 360 g/mol. The van der Waals surface area contributed by atoms with Gasteiger partial charge in [-0.15, -0.1) is 5.10 Å². The van der Waals surface area contributed by atoms with Crippen LogP contribution in [0.25, 0.3) is 5.69 Å². The molecule has 0 saturated heterocycles. The van der Waals surface area contributed by atoms with E-state index < -0.39 is 5.25 Å². The number of nitrogens with one attached hydrogen (secondary N) is 1. The Bertz CT molecular complexity index is 900. The molecular formula is C16H15ClN6OS. The minimum absolute atomic E-state index is 0.209. The molecule has 0 aliphatic carbocycles. The molecule has 1 N–H and O–H groups in total. The number of tetrazole rings is 1. The number of rotatable bonds is 5. The molecule has 0 bridgehead atoms. The summed E-state index contributed by atoms with van der Waals surface area (Å²) in [6, 6.07) is 11.2. The number of amides is 1. The number of aromatic nitrogens is 5. The van der Waals surface area contributed by atoms with Crippen LogP contribution < -0.4 is 5.32 Å². The van der Waals surface area contributed by atoms with Crippen LogP contribution in [0, 0.1) is 6.92 Å². The zero-order valence-electron chi connectivity index (χ0n) is 13.5. The summed E-state index contributed by atoms with van der Waals surface area (Å²) in [5.74, 6) is -0.209. The lowest BCUT2D eigenvalue weighted by molar-refractivity contribution is -0.115. The number of pyridine rings is 1. The van der Waals surface area contributed by atoms with Gasteiger partial charge in [-0.25, -0.2) is 4.98 Å². The highest BCUT2D eigenvalue weighted by Crippen LogP contribution is 2.26. The van der Waals surface area contributed by atoms with E-state index in [1.807, 2.05) is 31.2 Å². The molecule has 0 saturated carbocycles. The Morgan fingerprint density at radius 1 is 1.28 bits per heavy atom. The summed E-state index contributed by atoms with van der Waals surface area (Å²) in [5.41, 5.74) is 2.38. The molecule has 0 unspecified atom stereocenters. The minimum atomic E-state index is -0.426. The predicted octanol–water partition coefficient (Wildman–Crippen LogP) is 3.14. The van der Waals surface area contributed by atoms with Crippen molar-refractivity contribution < 1.29 is 4.79 Å². The van der Waals surface area contributed by atoms with Crippen molar-refractivity contribution in [2.75, 3.05) is 5.32 Å². The Labute approximate surface area is 153 Å². The maximum atomic E-state index is 12.4. The van der Waals surface area contributed by atoms with Crippen molar-refractivity contribution >= 4 is 35.0 Å². The monoisotopic (exact) mass is 374 g/mol. The lowest BCUT2D eigenvalue weighted by atomic mass is 10.2. The second kappa shape index (κ2) is 7.62. The summed E-state index contributed by atoms with van der Waals surface area (Å²) in [6.07, 6.45) is 1.56. The molecule has 7 nitrogen and oxygen atoms in total. The molecule has 2 heterocycles. The van der Waals surface area contributed by atoms with E-state index in [0.717, 1.165) is 11.3 Å². The van der Waals surface area contributed by atoms with Gasteiger partial charge in [0.25, 0.3) is 0 Å². The number of para-hydroxylation sites is 1. The van der Waals surface area contributed by atoms with E-state index in [4.69, 9.17) is 11.6 Å². The van der Waals surface area contributed by atoms with Crippen molar-refractivity contribution in [1.29, 1.82) is 0 Å². The second-order valence-electron chi connectivity index (χ2n) is 5.25. The number of aryl methyl sites for hydroxylation is 1. The number of hydrogen-bond donors (Lipinski definition) is 1. The highest BCUT2D eigenvalue weighted by molar-refractivity contribution is 8.00. The van der Waals surface area contributed by atoms with E-state index in [1.165, 1.54) is 11.8 Å². The number of nitrogens with zero attached hydrogens (tertiary/aromatic N) is 5. The summed E-state index contributed by atoms with van der Waals surface area (Å²) < 4.78 is 1.63. The lowest BCUT2D eigenvalue weighted by Crippen LogP contribution is -2.23. The molecule has 3 rings (SSSR count). The molecule has 2 aromatic heterocycles. The van der Waals surface area contributed by atoms with Gasteiger partial charge in [0.05, 0.1) is 16.6 Å². The van der Waals surface area contributed by atoms with Crippen LogP contribution in [-0.2, 0) is 4.79 Å². The van der Waals surface area contributed by atoms with Crippen LogP contribution in [0.5, 0.6) is 0 Å². The SMILES string of the molecule is Cc1ccccc1-n1nnnc1S[C@@H](C)C(=O)Nc1cccnc1Cl. The average Bonchev–Trinajstić information content (AvgIpc) is 3.05. The van der Waals surface area contributed by atoms with Crippen molar-refractivity contribution in [3.63, 3.8) is 0 Å². The smallest absolute Gasteiger partial charge is 0.237 e. The fourth-order valence-electron chi connectivity index (χ4n) is 2.13. The van der Waals surface area contributed by atoms with Gasteiger partial charge in [0.2, 0.25) is 11.1 Å². The topological polar surface area (TPSA) is 85.6 Å². The quantitative estimate of drug-likeness (QED) is 0.545. The molecule has 128 valence electrons. The van der Waals surface area contributed by atoms with E-state index in [9.17, 15) is 4.79 Å². The van der Waals surface area contributed by atoms with Crippen molar-refractivity contribution in [3.8, 4) is 5.69 Å². The molecule has 0 spiro atoms. The summed E-state index contributed by atoms with van der Waals surface area (Å²) in [7, 11) is 0. The standard InChI is InChI=1S/C16H15ClN6OS/c1-10-6-3-4-8-13(10)23-16(20-21-22-23)25-11(2)15(24)19-12-7-5-9-18-14(12)17/h3-9,11H,1-2H3,(H,19,24)/t11-/m0/s1. The van der Waals surface area contributed by atoms with Crippen molar-refractivity contribution in [3.05, 3.63) is 53.3 Å². The molecule has 3 aromatic rings. The van der Waals surface area contributed by atoms with Gasteiger partial charge in [-0.2, -0.15) is 4.68 Å². The molecule has 9 heteroatoms. The first-order chi connectivity index (χ1) is 12.1. The number of benzene rings is 1. The van der Waals surface area contributed by atoms with E-state index >= 15 is 0 Å². The Hall–Kier alpha value is -2.45. The van der Waals surface area contributed by atoms with Gasteiger partial charge < -0.3 is 5.32 Å². The maximum Gasteiger partial charge on any atom is 0.237 e. The van der Waals surface area contributed by atoms with Crippen LogP contribution in [0.1, 0.15) is 12.5 Å². The minimum Gasteiger partial charge on any atom is -0.322 e. The third-order valence-electron chi connectivity index (χ3n) is 3.45. The molecule has 25 heavy (non-hydrogen) atoms. The van der Waals surface area contributed by atoms with Gasteiger partial charge >= 0.3 is 0 Å². The van der Waals surface area contributed by atoms with E-state index in [1.54, 1.807) is 29.9 Å². The molecule has 1 aromatic carbocycles. The Balaban J connectivity index is 1.75. The Kier molecular flexibility index (Phi) is 5.30. The van der Waals surface area contributed by atoms with Crippen LogP contribution in [0.3, 0.4) is 0 Å². The molecule has 0 aliphatic heterocycles. The van der Waals surface area contributed by atoms with Gasteiger partial charge in [-0.3, -0.25) is 4.79 Å². The number of carbonyl (C=O) groups is 1. The average molecular weight is 375 g/mol. The molecule has 0 radical (unpaired) electrons. The highest BCUT2D eigenvalue weighted by atomic mass is 35.5. The van der Waals surface area contributed by atoms with E-state index in [-0.39, 0.29) is 11.1 Å². The number of hydrogen-bond acceptors (Lipinski definition) is 6. The fraction of sp³-hybridized carbons (Fsp3) is 0.188. The van der Waals surface area contributed by atoms with Crippen LogP contribution in [-0.4, -0.2) is 36.3 Å². The number of carbonyl (C=O) groups excluding carboxylic acids is 1. The van der Waals surface area contributed by atoms with Crippen molar-refractivity contribution in [1.82, 2.24) is 25.2 Å². The molecule has 1 amide bonds. The Morgan fingerprint density at radius 2 is 2.08 bits per heavy atom. The third kappa shape index (κ3) is 3.97. The largest absolute Gasteiger partial charge is 0.322 e. The molecule has 0 aliphatic rings. The number of thioether (sulfide) groups is 1. The normalized spacial score (nSPS) is 12.0. The van der Waals surface area contributed by atoms with Gasteiger partial charge in [-0.1, -0.05) is 41.6 Å². The first kappa shape index (κ1) is 17.4. The third-order valence-corrected chi connectivity index (χ3v) is 4.79. The first-order valence-electron chi connectivity index (χ1n) is 7.48. The van der Waals surface area contributed by atoms with Gasteiger partial charge in [-0.05, 0) is 48.0 Å².